The molecule has 0 radical (unpaired) electrons. The van der Waals surface area contributed by atoms with Gasteiger partial charge in [0.25, 0.3) is 0 Å². The van der Waals surface area contributed by atoms with Crippen molar-refractivity contribution in [3.05, 3.63) is 0 Å². The van der Waals surface area contributed by atoms with E-state index < -0.39 is 0 Å². The average molecular weight is 226 g/mol. The zero-order valence-corrected chi connectivity index (χ0v) is 12.0. The SMILES string of the molecule is CCNC(CN(C)C(C)C1CC1)C(C)(C)C. The Kier molecular flexibility index (Phi) is 4.81. The molecule has 2 unspecified atom stereocenters. The number of likely N-dealkylation sites (N-methyl/N-ethyl adjacent to an activating group) is 2. The molecule has 0 amide bonds. The van der Waals surface area contributed by atoms with Crippen molar-refractivity contribution in [2.45, 2.75) is 59.5 Å². The minimum absolute atomic E-state index is 0.341. The third-order valence-corrected chi connectivity index (χ3v) is 3.97. The molecule has 0 aromatic heterocycles. The first-order chi connectivity index (χ1) is 7.36. The largest absolute Gasteiger partial charge is 0.312 e. The van der Waals surface area contributed by atoms with Gasteiger partial charge in [-0.05, 0) is 44.7 Å². The average Bonchev–Trinajstić information content (AvgIpc) is 2.97. The second-order valence-electron chi connectivity index (χ2n) is 6.49. The molecule has 0 aliphatic heterocycles. The molecule has 1 aliphatic rings. The van der Waals surface area contributed by atoms with E-state index in [0.29, 0.717) is 11.5 Å². The highest BCUT2D eigenvalue weighted by molar-refractivity contribution is 4.88. The van der Waals surface area contributed by atoms with E-state index in [-0.39, 0.29) is 0 Å². The molecule has 1 fully saturated rings. The summed E-state index contributed by atoms with van der Waals surface area (Å²) in [4.78, 5) is 2.54. The summed E-state index contributed by atoms with van der Waals surface area (Å²) < 4.78 is 0. The van der Waals surface area contributed by atoms with Crippen molar-refractivity contribution in [2.24, 2.45) is 11.3 Å². The van der Waals surface area contributed by atoms with Gasteiger partial charge in [0.2, 0.25) is 0 Å². The molecule has 1 N–H and O–H groups in total. The van der Waals surface area contributed by atoms with Crippen molar-refractivity contribution in [1.82, 2.24) is 10.2 Å². The second-order valence-corrected chi connectivity index (χ2v) is 6.49. The fourth-order valence-corrected chi connectivity index (χ4v) is 2.28. The van der Waals surface area contributed by atoms with E-state index >= 15 is 0 Å². The van der Waals surface area contributed by atoms with Gasteiger partial charge in [-0.1, -0.05) is 27.7 Å². The van der Waals surface area contributed by atoms with E-state index in [9.17, 15) is 0 Å². The molecule has 0 bridgehead atoms. The lowest BCUT2D eigenvalue weighted by Crippen LogP contribution is -2.49. The molecule has 0 heterocycles. The molecule has 0 spiro atoms. The molecule has 1 saturated carbocycles. The lowest BCUT2D eigenvalue weighted by molar-refractivity contribution is 0.157. The van der Waals surface area contributed by atoms with Gasteiger partial charge in [0.15, 0.2) is 0 Å². The Balaban J connectivity index is 2.46. The Morgan fingerprint density at radius 3 is 2.25 bits per heavy atom. The first-order valence-corrected chi connectivity index (χ1v) is 6.80. The maximum Gasteiger partial charge on any atom is 0.0243 e. The van der Waals surface area contributed by atoms with Gasteiger partial charge in [0.1, 0.15) is 0 Å². The zero-order valence-electron chi connectivity index (χ0n) is 12.0. The van der Waals surface area contributed by atoms with Gasteiger partial charge >= 0.3 is 0 Å². The second kappa shape index (κ2) is 5.50. The molecule has 2 nitrogen and oxygen atoms in total. The van der Waals surface area contributed by atoms with Crippen molar-refractivity contribution in [3.63, 3.8) is 0 Å². The van der Waals surface area contributed by atoms with Crippen molar-refractivity contribution in [3.8, 4) is 0 Å². The number of hydrogen-bond acceptors (Lipinski definition) is 2. The van der Waals surface area contributed by atoms with E-state index in [1.807, 2.05) is 0 Å². The summed E-state index contributed by atoms with van der Waals surface area (Å²) >= 11 is 0. The molecule has 0 aromatic carbocycles. The summed E-state index contributed by atoms with van der Waals surface area (Å²) in [6, 6.07) is 1.34. The summed E-state index contributed by atoms with van der Waals surface area (Å²) in [5.74, 6) is 0.965. The molecule has 2 heteroatoms. The van der Waals surface area contributed by atoms with Crippen LogP contribution in [0.5, 0.6) is 0 Å². The van der Waals surface area contributed by atoms with Crippen molar-refractivity contribution >= 4 is 0 Å². The van der Waals surface area contributed by atoms with Crippen LogP contribution < -0.4 is 5.32 Å². The van der Waals surface area contributed by atoms with Gasteiger partial charge in [-0.3, -0.25) is 0 Å². The maximum atomic E-state index is 3.63. The van der Waals surface area contributed by atoms with Crippen LogP contribution in [0, 0.1) is 11.3 Å². The van der Waals surface area contributed by atoms with Gasteiger partial charge in [0, 0.05) is 18.6 Å². The third kappa shape index (κ3) is 4.06. The van der Waals surface area contributed by atoms with Crippen LogP contribution in [0.25, 0.3) is 0 Å². The third-order valence-electron chi connectivity index (χ3n) is 3.97. The summed E-state index contributed by atoms with van der Waals surface area (Å²) in [6.07, 6.45) is 2.87. The number of nitrogens with zero attached hydrogens (tertiary/aromatic N) is 1. The Hall–Kier alpha value is -0.0800. The summed E-state index contributed by atoms with van der Waals surface area (Å²) in [6.45, 7) is 13.8. The predicted octanol–water partition coefficient (Wildman–Crippen LogP) is 2.74. The highest BCUT2D eigenvalue weighted by atomic mass is 15.2. The van der Waals surface area contributed by atoms with E-state index in [2.05, 4.69) is 51.9 Å². The molecule has 1 aliphatic carbocycles. The Bertz CT molecular complexity index is 203. The minimum Gasteiger partial charge on any atom is -0.312 e. The topological polar surface area (TPSA) is 15.3 Å². The van der Waals surface area contributed by atoms with Crippen molar-refractivity contribution < 1.29 is 0 Å². The first-order valence-electron chi connectivity index (χ1n) is 6.80. The number of rotatable bonds is 6. The van der Waals surface area contributed by atoms with E-state index in [1.165, 1.54) is 12.8 Å². The van der Waals surface area contributed by atoms with Crippen LogP contribution in [0.1, 0.15) is 47.5 Å². The fourth-order valence-electron chi connectivity index (χ4n) is 2.28. The molecule has 0 aromatic rings. The summed E-state index contributed by atoms with van der Waals surface area (Å²) in [5.41, 5.74) is 0.341. The quantitative estimate of drug-likeness (QED) is 0.749. The lowest BCUT2D eigenvalue weighted by Gasteiger charge is -2.36. The molecule has 96 valence electrons. The molecule has 2 atom stereocenters. The highest BCUT2D eigenvalue weighted by Gasteiger charge is 2.33. The van der Waals surface area contributed by atoms with Crippen LogP contribution >= 0.6 is 0 Å². The van der Waals surface area contributed by atoms with E-state index in [0.717, 1.165) is 25.0 Å². The summed E-state index contributed by atoms with van der Waals surface area (Å²) in [5, 5.41) is 3.63. The zero-order chi connectivity index (χ0) is 12.3. The first kappa shape index (κ1) is 14.0. The standard InChI is InChI=1S/C14H30N2/c1-7-15-13(14(3,4)5)10-16(6)11(2)12-8-9-12/h11-13,15H,7-10H2,1-6H3. The van der Waals surface area contributed by atoms with Gasteiger partial charge in [-0.2, -0.15) is 0 Å². The van der Waals surface area contributed by atoms with Crippen LogP contribution in [-0.2, 0) is 0 Å². The van der Waals surface area contributed by atoms with Crippen LogP contribution in [0.15, 0.2) is 0 Å². The Morgan fingerprint density at radius 1 is 1.31 bits per heavy atom. The highest BCUT2D eigenvalue weighted by Crippen LogP contribution is 2.35. The number of nitrogens with one attached hydrogen (secondary N) is 1. The Morgan fingerprint density at radius 2 is 1.88 bits per heavy atom. The predicted molar refractivity (Wildman–Crippen MR) is 71.7 cm³/mol. The Labute approximate surface area is 102 Å². The van der Waals surface area contributed by atoms with Crippen LogP contribution in [0.3, 0.4) is 0 Å². The van der Waals surface area contributed by atoms with Gasteiger partial charge < -0.3 is 10.2 Å². The minimum atomic E-state index is 0.341. The summed E-state index contributed by atoms with van der Waals surface area (Å²) in [7, 11) is 2.28. The van der Waals surface area contributed by atoms with Gasteiger partial charge in [-0.15, -0.1) is 0 Å². The smallest absolute Gasteiger partial charge is 0.0243 e. The van der Waals surface area contributed by atoms with Crippen LogP contribution in [0.4, 0.5) is 0 Å². The normalized spacial score (nSPS) is 21.2. The van der Waals surface area contributed by atoms with Gasteiger partial charge in [0.05, 0.1) is 0 Å². The molecular weight excluding hydrogens is 196 g/mol. The lowest BCUT2D eigenvalue weighted by atomic mass is 9.86. The fraction of sp³-hybridized carbons (Fsp3) is 1.00. The van der Waals surface area contributed by atoms with E-state index in [4.69, 9.17) is 0 Å². The molecule has 16 heavy (non-hydrogen) atoms. The van der Waals surface area contributed by atoms with Crippen LogP contribution in [-0.4, -0.2) is 37.1 Å². The molecule has 0 saturated heterocycles. The van der Waals surface area contributed by atoms with E-state index in [1.54, 1.807) is 0 Å². The number of hydrogen-bond donors (Lipinski definition) is 1. The molecular formula is C14H30N2. The van der Waals surface area contributed by atoms with Gasteiger partial charge in [-0.25, -0.2) is 0 Å². The van der Waals surface area contributed by atoms with Crippen LogP contribution in [0.2, 0.25) is 0 Å². The van der Waals surface area contributed by atoms with Crippen molar-refractivity contribution in [2.75, 3.05) is 20.1 Å². The monoisotopic (exact) mass is 226 g/mol. The van der Waals surface area contributed by atoms with Crippen molar-refractivity contribution in [1.29, 1.82) is 0 Å². The maximum absolute atomic E-state index is 3.63. The molecule has 1 rings (SSSR count).